The Bertz CT molecular complexity index is 325. The van der Waals surface area contributed by atoms with E-state index in [1.54, 1.807) is 7.11 Å². The van der Waals surface area contributed by atoms with Crippen LogP contribution in [0.4, 0.5) is 0 Å². The summed E-state index contributed by atoms with van der Waals surface area (Å²) >= 11 is 0. The van der Waals surface area contributed by atoms with Crippen LogP contribution in [0, 0.1) is 5.41 Å². The van der Waals surface area contributed by atoms with Gasteiger partial charge in [0.25, 0.3) is 0 Å². The van der Waals surface area contributed by atoms with Gasteiger partial charge in [0, 0.05) is 25.6 Å². The van der Waals surface area contributed by atoms with Gasteiger partial charge in [-0.15, -0.1) is 0 Å². The van der Waals surface area contributed by atoms with Crippen LogP contribution in [0.25, 0.3) is 0 Å². The van der Waals surface area contributed by atoms with Crippen LogP contribution in [-0.2, 0) is 11.3 Å². The van der Waals surface area contributed by atoms with E-state index in [1.165, 1.54) is 18.5 Å². The Morgan fingerprint density at radius 3 is 2.75 bits per heavy atom. The van der Waals surface area contributed by atoms with Crippen molar-refractivity contribution in [2.75, 3.05) is 26.8 Å². The number of ether oxygens (including phenoxy) is 1. The van der Waals surface area contributed by atoms with E-state index in [0.29, 0.717) is 5.41 Å². The normalized spacial score (nSPS) is 26.1. The first-order valence-electron chi connectivity index (χ1n) is 5.97. The van der Waals surface area contributed by atoms with Gasteiger partial charge in [-0.2, -0.15) is 0 Å². The van der Waals surface area contributed by atoms with Crippen molar-refractivity contribution < 1.29 is 4.74 Å². The highest BCUT2D eigenvalue weighted by Gasteiger charge is 2.33. The maximum absolute atomic E-state index is 5.30. The van der Waals surface area contributed by atoms with Crippen LogP contribution < -0.4 is 0 Å². The van der Waals surface area contributed by atoms with Crippen LogP contribution in [-0.4, -0.2) is 31.7 Å². The summed E-state index contributed by atoms with van der Waals surface area (Å²) in [6, 6.07) is 10.7. The van der Waals surface area contributed by atoms with Crippen molar-refractivity contribution in [2.24, 2.45) is 5.41 Å². The Hall–Kier alpha value is -0.860. The predicted molar refractivity (Wildman–Crippen MR) is 66.3 cm³/mol. The molecule has 0 aliphatic carbocycles. The molecule has 1 aliphatic heterocycles. The molecule has 1 aliphatic rings. The van der Waals surface area contributed by atoms with Crippen LogP contribution in [0.15, 0.2) is 30.3 Å². The maximum atomic E-state index is 5.30. The lowest BCUT2D eigenvalue weighted by molar-refractivity contribution is 0.0956. The van der Waals surface area contributed by atoms with Gasteiger partial charge in [-0.1, -0.05) is 37.3 Å². The number of nitrogens with zero attached hydrogens (tertiary/aromatic N) is 1. The minimum Gasteiger partial charge on any atom is -0.384 e. The van der Waals surface area contributed by atoms with Gasteiger partial charge in [0.1, 0.15) is 0 Å². The van der Waals surface area contributed by atoms with Crippen LogP contribution in [0.5, 0.6) is 0 Å². The Kier molecular flexibility index (Phi) is 3.62. The van der Waals surface area contributed by atoms with E-state index in [2.05, 4.69) is 42.2 Å². The lowest BCUT2D eigenvalue weighted by Crippen LogP contribution is -2.28. The highest BCUT2D eigenvalue weighted by atomic mass is 16.5. The molecule has 0 N–H and O–H groups in total. The van der Waals surface area contributed by atoms with Crippen molar-refractivity contribution in [3.63, 3.8) is 0 Å². The number of methoxy groups -OCH3 is 1. The zero-order chi connectivity index (χ0) is 11.4. The molecule has 0 radical (unpaired) electrons. The van der Waals surface area contributed by atoms with Gasteiger partial charge in [0.05, 0.1) is 6.61 Å². The highest BCUT2D eigenvalue weighted by molar-refractivity contribution is 5.14. The standard InChI is InChI=1S/C14H21NO/c1-14(12-16-2)8-9-15(11-14)10-13-6-4-3-5-7-13/h3-7H,8-12H2,1-2H3. The third-order valence-electron chi connectivity index (χ3n) is 3.38. The van der Waals surface area contributed by atoms with E-state index >= 15 is 0 Å². The summed E-state index contributed by atoms with van der Waals surface area (Å²) in [4.78, 5) is 2.52. The monoisotopic (exact) mass is 219 g/mol. The molecular formula is C14H21NO. The van der Waals surface area contributed by atoms with Crippen molar-refractivity contribution in [1.82, 2.24) is 4.90 Å². The molecule has 0 aromatic heterocycles. The van der Waals surface area contributed by atoms with Gasteiger partial charge in [-0.05, 0) is 18.5 Å². The molecule has 1 saturated heterocycles. The summed E-state index contributed by atoms with van der Waals surface area (Å²) in [6.45, 7) is 6.60. The molecule has 2 rings (SSSR count). The second-order valence-electron chi connectivity index (χ2n) is 5.19. The number of hydrogen-bond donors (Lipinski definition) is 0. The predicted octanol–water partition coefficient (Wildman–Crippen LogP) is 2.55. The first-order chi connectivity index (χ1) is 7.72. The Balaban J connectivity index is 1.90. The second kappa shape index (κ2) is 4.98. The first kappa shape index (κ1) is 11.6. The third-order valence-corrected chi connectivity index (χ3v) is 3.38. The van der Waals surface area contributed by atoms with E-state index in [1.807, 2.05) is 0 Å². The van der Waals surface area contributed by atoms with Crippen molar-refractivity contribution in [2.45, 2.75) is 19.9 Å². The maximum Gasteiger partial charge on any atom is 0.0528 e. The second-order valence-corrected chi connectivity index (χ2v) is 5.19. The lowest BCUT2D eigenvalue weighted by atomic mass is 9.91. The molecule has 1 aromatic carbocycles. The largest absolute Gasteiger partial charge is 0.384 e. The summed E-state index contributed by atoms with van der Waals surface area (Å²) in [7, 11) is 1.80. The molecule has 2 heteroatoms. The summed E-state index contributed by atoms with van der Waals surface area (Å²) in [6.07, 6.45) is 1.24. The van der Waals surface area contributed by atoms with Gasteiger partial charge >= 0.3 is 0 Å². The van der Waals surface area contributed by atoms with E-state index in [0.717, 1.165) is 19.7 Å². The summed E-state index contributed by atoms with van der Waals surface area (Å²) in [5.74, 6) is 0. The molecule has 88 valence electrons. The average molecular weight is 219 g/mol. The number of rotatable bonds is 4. The molecule has 0 bridgehead atoms. The van der Waals surface area contributed by atoms with Crippen molar-refractivity contribution in [3.05, 3.63) is 35.9 Å². The van der Waals surface area contributed by atoms with Crippen molar-refractivity contribution >= 4 is 0 Å². The fraction of sp³-hybridized carbons (Fsp3) is 0.571. The van der Waals surface area contributed by atoms with Crippen LogP contribution in [0.3, 0.4) is 0 Å². The van der Waals surface area contributed by atoms with Crippen LogP contribution in [0.1, 0.15) is 18.9 Å². The third kappa shape index (κ3) is 2.83. The molecule has 1 aromatic rings. The van der Waals surface area contributed by atoms with E-state index < -0.39 is 0 Å². The minimum atomic E-state index is 0.351. The SMILES string of the molecule is COCC1(C)CCN(Cc2ccccc2)C1. The summed E-state index contributed by atoms with van der Waals surface area (Å²) in [5, 5.41) is 0. The molecule has 0 saturated carbocycles. The molecule has 0 spiro atoms. The van der Waals surface area contributed by atoms with Gasteiger partial charge in [0.15, 0.2) is 0 Å². The molecule has 1 heterocycles. The fourth-order valence-corrected chi connectivity index (χ4v) is 2.57. The Morgan fingerprint density at radius 2 is 2.06 bits per heavy atom. The topological polar surface area (TPSA) is 12.5 Å². The highest BCUT2D eigenvalue weighted by Crippen LogP contribution is 2.30. The quantitative estimate of drug-likeness (QED) is 0.771. The molecule has 1 atom stereocenters. The Morgan fingerprint density at radius 1 is 1.31 bits per heavy atom. The van der Waals surface area contributed by atoms with Crippen molar-refractivity contribution in [3.8, 4) is 0 Å². The molecule has 16 heavy (non-hydrogen) atoms. The van der Waals surface area contributed by atoms with Crippen molar-refractivity contribution in [1.29, 1.82) is 0 Å². The smallest absolute Gasteiger partial charge is 0.0528 e. The molecule has 0 amide bonds. The summed E-state index contributed by atoms with van der Waals surface area (Å²) < 4.78 is 5.30. The van der Waals surface area contributed by atoms with E-state index in [-0.39, 0.29) is 0 Å². The molecule has 2 nitrogen and oxygen atoms in total. The minimum absolute atomic E-state index is 0.351. The molecule has 1 unspecified atom stereocenters. The van der Waals surface area contributed by atoms with Gasteiger partial charge in [0.2, 0.25) is 0 Å². The molecule has 1 fully saturated rings. The Labute approximate surface area is 98.2 Å². The fourth-order valence-electron chi connectivity index (χ4n) is 2.57. The zero-order valence-electron chi connectivity index (χ0n) is 10.3. The number of hydrogen-bond acceptors (Lipinski definition) is 2. The molecular weight excluding hydrogens is 198 g/mol. The first-order valence-corrected chi connectivity index (χ1v) is 5.97. The van der Waals surface area contributed by atoms with Gasteiger partial charge in [-0.3, -0.25) is 4.90 Å². The van der Waals surface area contributed by atoms with E-state index in [9.17, 15) is 0 Å². The van der Waals surface area contributed by atoms with Gasteiger partial charge < -0.3 is 4.74 Å². The van der Waals surface area contributed by atoms with Crippen LogP contribution >= 0.6 is 0 Å². The van der Waals surface area contributed by atoms with Crippen LogP contribution in [0.2, 0.25) is 0 Å². The summed E-state index contributed by atoms with van der Waals surface area (Å²) in [5.41, 5.74) is 1.76. The number of benzene rings is 1. The van der Waals surface area contributed by atoms with Gasteiger partial charge in [-0.25, -0.2) is 0 Å². The average Bonchev–Trinajstić information content (AvgIpc) is 2.62. The number of likely N-dealkylation sites (tertiary alicyclic amines) is 1. The lowest BCUT2D eigenvalue weighted by Gasteiger charge is -2.23. The zero-order valence-corrected chi connectivity index (χ0v) is 10.3. The van der Waals surface area contributed by atoms with E-state index in [4.69, 9.17) is 4.74 Å².